The van der Waals surface area contributed by atoms with Crippen LogP contribution in [0.3, 0.4) is 0 Å². The van der Waals surface area contributed by atoms with E-state index in [2.05, 4.69) is 71.6 Å². The summed E-state index contributed by atoms with van der Waals surface area (Å²) in [6, 6.07) is 10.7. The molecule has 0 spiro atoms. The smallest absolute Gasteiger partial charge is 0.191 e. The Kier molecular flexibility index (Phi) is 10.2. The molecular formula is C23H34IN5O. The molecule has 2 aromatic rings. The highest BCUT2D eigenvalue weighted by molar-refractivity contribution is 14.0. The van der Waals surface area contributed by atoms with Crippen molar-refractivity contribution in [1.82, 2.24) is 15.6 Å². The number of ether oxygens (including phenoxy) is 1. The number of guanidine groups is 1. The van der Waals surface area contributed by atoms with Crippen LogP contribution in [0.15, 0.2) is 41.5 Å². The maximum Gasteiger partial charge on any atom is 0.191 e. The Morgan fingerprint density at radius 3 is 2.60 bits per heavy atom. The molecule has 0 amide bonds. The van der Waals surface area contributed by atoms with Crippen LogP contribution in [0.4, 0.5) is 5.82 Å². The molecular weight excluding hydrogens is 489 g/mol. The largest absolute Gasteiger partial charge is 0.493 e. The van der Waals surface area contributed by atoms with Crippen LogP contribution in [0, 0.1) is 0 Å². The van der Waals surface area contributed by atoms with E-state index in [1.54, 1.807) is 0 Å². The van der Waals surface area contributed by atoms with E-state index in [0.29, 0.717) is 6.54 Å². The summed E-state index contributed by atoms with van der Waals surface area (Å²) in [5.41, 5.74) is 3.76. The number of nitrogens with zero attached hydrogens (tertiary/aromatic N) is 3. The van der Waals surface area contributed by atoms with Crippen molar-refractivity contribution >= 4 is 35.8 Å². The minimum Gasteiger partial charge on any atom is -0.493 e. The maximum atomic E-state index is 5.58. The third kappa shape index (κ3) is 6.75. The highest BCUT2D eigenvalue weighted by Crippen LogP contribution is 2.25. The Morgan fingerprint density at radius 2 is 1.90 bits per heavy atom. The summed E-state index contributed by atoms with van der Waals surface area (Å²) in [7, 11) is 0. The zero-order valence-electron chi connectivity index (χ0n) is 18.3. The minimum absolute atomic E-state index is 0. The van der Waals surface area contributed by atoms with Gasteiger partial charge >= 0.3 is 0 Å². The molecule has 0 saturated heterocycles. The lowest BCUT2D eigenvalue weighted by molar-refractivity contribution is 0.357. The Morgan fingerprint density at radius 1 is 1.10 bits per heavy atom. The lowest BCUT2D eigenvalue weighted by atomic mass is 10.1. The summed E-state index contributed by atoms with van der Waals surface area (Å²) in [6.45, 7) is 11.4. The first-order chi connectivity index (χ1) is 14.2. The van der Waals surface area contributed by atoms with Crippen molar-refractivity contribution in [1.29, 1.82) is 0 Å². The third-order valence-electron chi connectivity index (χ3n) is 5.12. The fraction of sp³-hybridized carbons (Fsp3) is 0.478. The molecule has 2 heterocycles. The van der Waals surface area contributed by atoms with Crippen LogP contribution in [0.1, 0.15) is 37.5 Å². The van der Waals surface area contributed by atoms with Crippen molar-refractivity contribution in [3.63, 3.8) is 0 Å². The molecule has 0 aliphatic carbocycles. The number of hydrogen-bond donors (Lipinski definition) is 2. The number of aromatic nitrogens is 1. The van der Waals surface area contributed by atoms with Crippen molar-refractivity contribution < 1.29 is 4.74 Å². The molecule has 164 valence electrons. The van der Waals surface area contributed by atoms with Gasteiger partial charge in [0.05, 0.1) is 13.2 Å². The number of rotatable bonds is 9. The number of pyridine rings is 1. The fourth-order valence-electron chi connectivity index (χ4n) is 3.48. The average molecular weight is 523 g/mol. The van der Waals surface area contributed by atoms with Gasteiger partial charge in [0.15, 0.2) is 5.96 Å². The van der Waals surface area contributed by atoms with Crippen LogP contribution >= 0.6 is 24.0 Å². The quantitative estimate of drug-likeness (QED) is 0.298. The Balaban J connectivity index is 0.00000320. The molecule has 0 atom stereocenters. The van der Waals surface area contributed by atoms with Gasteiger partial charge in [0.2, 0.25) is 0 Å². The van der Waals surface area contributed by atoms with Crippen LogP contribution < -0.4 is 20.3 Å². The van der Waals surface area contributed by atoms with Gasteiger partial charge in [0.1, 0.15) is 11.6 Å². The van der Waals surface area contributed by atoms with Crippen LogP contribution in [0.25, 0.3) is 0 Å². The first kappa shape index (κ1) is 24.2. The van der Waals surface area contributed by atoms with E-state index in [-0.39, 0.29) is 24.0 Å². The molecule has 1 aliphatic rings. The lowest BCUT2D eigenvalue weighted by Crippen LogP contribution is -2.38. The monoisotopic (exact) mass is 523 g/mol. The van der Waals surface area contributed by atoms with Gasteiger partial charge in [-0.15, -0.1) is 24.0 Å². The van der Waals surface area contributed by atoms with Crippen molar-refractivity contribution in [3.8, 4) is 5.75 Å². The number of fused-ring (bicyclic) bond motifs is 1. The van der Waals surface area contributed by atoms with E-state index < -0.39 is 0 Å². The van der Waals surface area contributed by atoms with Crippen LogP contribution in [-0.2, 0) is 19.4 Å². The van der Waals surface area contributed by atoms with Gasteiger partial charge in [-0.05, 0) is 56.0 Å². The molecule has 1 aliphatic heterocycles. The standard InChI is InChI=1S/C23H33N5O.HI/c1-4-24-23(25-13-11-18-7-9-21-20(15-18)12-14-29-21)27-17-19-8-10-22(26-16-19)28(5-2)6-3;/h7-10,15-16H,4-6,11-14,17H2,1-3H3,(H2,24,25,27);1H. The molecule has 1 aromatic heterocycles. The maximum absolute atomic E-state index is 5.58. The van der Waals surface area contributed by atoms with Gasteiger partial charge in [0.25, 0.3) is 0 Å². The first-order valence-corrected chi connectivity index (χ1v) is 10.7. The third-order valence-corrected chi connectivity index (χ3v) is 5.12. The van der Waals surface area contributed by atoms with Crippen LogP contribution in [0.5, 0.6) is 5.75 Å². The summed E-state index contributed by atoms with van der Waals surface area (Å²) in [5.74, 6) is 2.90. The molecule has 0 unspecified atom stereocenters. The predicted octanol–water partition coefficient (Wildman–Crippen LogP) is 3.78. The molecule has 2 N–H and O–H groups in total. The second kappa shape index (κ2) is 12.6. The number of nitrogens with one attached hydrogen (secondary N) is 2. The van der Waals surface area contributed by atoms with Crippen molar-refractivity contribution in [2.75, 3.05) is 37.7 Å². The van der Waals surface area contributed by atoms with E-state index >= 15 is 0 Å². The van der Waals surface area contributed by atoms with E-state index in [1.165, 1.54) is 11.1 Å². The molecule has 0 saturated carbocycles. The summed E-state index contributed by atoms with van der Waals surface area (Å²) in [5, 5.41) is 6.75. The summed E-state index contributed by atoms with van der Waals surface area (Å²) in [4.78, 5) is 11.5. The van der Waals surface area contributed by atoms with Gasteiger partial charge in [-0.3, -0.25) is 0 Å². The zero-order valence-corrected chi connectivity index (χ0v) is 20.6. The minimum atomic E-state index is 0. The molecule has 0 bridgehead atoms. The Hall–Kier alpha value is -2.03. The predicted molar refractivity (Wildman–Crippen MR) is 135 cm³/mol. The number of aliphatic imine (C=N–C) groups is 1. The number of halogens is 1. The van der Waals surface area contributed by atoms with Crippen molar-refractivity contribution in [2.45, 2.75) is 40.2 Å². The Bertz CT molecular complexity index is 806. The highest BCUT2D eigenvalue weighted by Gasteiger charge is 2.11. The molecule has 0 radical (unpaired) electrons. The first-order valence-electron chi connectivity index (χ1n) is 10.7. The van der Waals surface area contributed by atoms with Crippen molar-refractivity contribution in [2.24, 2.45) is 4.99 Å². The van der Waals surface area contributed by atoms with Crippen LogP contribution in [-0.4, -0.2) is 43.7 Å². The molecule has 3 rings (SSSR count). The van der Waals surface area contributed by atoms with Gasteiger partial charge in [0, 0.05) is 38.8 Å². The summed E-state index contributed by atoms with van der Waals surface area (Å²) < 4.78 is 5.58. The lowest BCUT2D eigenvalue weighted by Gasteiger charge is -2.19. The molecule has 0 fully saturated rings. The number of benzene rings is 1. The van der Waals surface area contributed by atoms with E-state index in [4.69, 9.17) is 9.73 Å². The SMILES string of the molecule is CCNC(=NCc1ccc(N(CC)CC)nc1)NCCc1ccc2c(c1)CCO2.I. The molecule has 30 heavy (non-hydrogen) atoms. The van der Waals surface area contributed by atoms with Gasteiger partial charge in [-0.2, -0.15) is 0 Å². The Labute approximate surface area is 197 Å². The van der Waals surface area contributed by atoms with Gasteiger partial charge < -0.3 is 20.3 Å². The summed E-state index contributed by atoms with van der Waals surface area (Å²) in [6.07, 6.45) is 3.90. The number of hydrogen-bond acceptors (Lipinski definition) is 4. The summed E-state index contributed by atoms with van der Waals surface area (Å²) >= 11 is 0. The number of anilines is 1. The van der Waals surface area contributed by atoms with Crippen molar-refractivity contribution in [3.05, 3.63) is 53.2 Å². The van der Waals surface area contributed by atoms with E-state index in [0.717, 1.165) is 68.7 Å². The molecule has 7 heteroatoms. The van der Waals surface area contributed by atoms with Gasteiger partial charge in [-0.1, -0.05) is 18.2 Å². The highest BCUT2D eigenvalue weighted by atomic mass is 127. The van der Waals surface area contributed by atoms with E-state index in [9.17, 15) is 0 Å². The normalized spacial score (nSPS) is 12.6. The van der Waals surface area contributed by atoms with E-state index in [1.807, 2.05) is 6.20 Å². The van der Waals surface area contributed by atoms with Gasteiger partial charge in [-0.25, -0.2) is 9.98 Å². The molecule has 6 nitrogen and oxygen atoms in total. The average Bonchev–Trinajstić information content (AvgIpc) is 3.22. The topological polar surface area (TPSA) is 61.8 Å². The molecule has 1 aromatic carbocycles. The fourth-order valence-corrected chi connectivity index (χ4v) is 3.48. The van der Waals surface area contributed by atoms with Crippen LogP contribution in [0.2, 0.25) is 0 Å². The second-order valence-corrected chi connectivity index (χ2v) is 7.11. The zero-order chi connectivity index (χ0) is 20.5. The second-order valence-electron chi connectivity index (χ2n) is 7.11.